The average Bonchev–Trinajstić information content (AvgIpc) is 3.04. The number of hydrogen-bond donors (Lipinski definition) is 1. The van der Waals surface area contributed by atoms with Crippen molar-refractivity contribution in [3.63, 3.8) is 0 Å². The number of likely N-dealkylation sites (tertiary alicyclic amines) is 1. The molecule has 0 bridgehead atoms. The van der Waals surface area contributed by atoms with E-state index in [0.29, 0.717) is 25.6 Å². The Kier molecular flexibility index (Phi) is 6.17. The van der Waals surface area contributed by atoms with Gasteiger partial charge < -0.3 is 15.1 Å². The fraction of sp³-hybridized carbons (Fsp3) is 0.619. The van der Waals surface area contributed by atoms with Crippen LogP contribution in [0.5, 0.6) is 0 Å². The van der Waals surface area contributed by atoms with Crippen molar-refractivity contribution in [2.24, 2.45) is 5.92 Å². The minimum absolute atomic E-state index is 0.0292. The summed E-state index contributed by atoms with van der Waals surface area (Å²) in [6.07, 6.45) is 7.08. The second kappa shape index (κ2) is 8.56. The Hall–Kier alpha value is -2.04. The SMILES string of the molecule is CN(C)c1ccc(CCNC(=O)C2CC(=O)N(C3CCCCC3)C2)cc1. The molecule has 5 heteroatoms. The summed E-state index contributed by atoms with van der Waals surface area (Å²) in [4.78, 5) is 28.8. The highest BCUT2D eigenvalue weighted by Crippen LogP contribution is 2.28. The summed E-state index contributed by atoms with van der Waals surface area (Å²) < 4.78 is 0. The van der Waals surface area contributed by atoms with Gasteiger partial charge in [-0.1, -0.05) is 31.4 Å². The topological polar surface area (TPSA) is 52.7 Å². The van der Waals surface area contributed by atoms with Crippen molar-refractivity contribution in [3.05, 3.63) is 29.8 Å². The number of amides is 2. The summed E-state index contributed by atoms with van der Waals surface area (Å²) in [5.41, 5.74) is 2.38. The highest BCUT2D eigenvalue weighted by molar-refractivity contribution is 5.89. The molecule has 2 amide bonds. The third-order valence-electron chi connectivity index (χ3n) is 5.71. The molecule has 1 atom stereocenters. The van der Waals surface area contributed by atoms with Gasteiger partial charge in [-0.25, -0.2) is 0 Å². The third-order valence-corrected chi connectivity index (χ3v) is 5.71. The van der Waals surface area contributed by atoms with Gasteiger partial charge in [-0.3, -0.25) is 9.59 Å². The van der Waals surface area contributed by atoms with Gasteiger partial charge in [0.1, 0.15) is 0 Å². The molecule has 1 aromatic carbocycles. The van der Waals surface area contributed by atoms with E-state index in [-0.39, 0.29) is 17.7 Å². The van der Waals surface area contributed by atoms with Crippen LogP contribution in [0.1, 0.15) is 44.1 Å². The first-order valence-corrected chi connectivity index (χ1v) is 9.88. The molecule has 0 aromatic heterocycles. The Morgan fingerprint density at radius 2 is 1.85 bits per heavy atom. The minimum atomic E-state index is -0.180. The number of nitrogens with one attached hydrogen (secondary N) is 1. The van der Waals surface area contributed by atoms with E-state index in [4.69, 9.17) is 0 Å². The normalized spacial score (nSPS) is 21.1. The molecular weight excluding hydrogens is 326 g/mol. The van der Waals surface area contributed by atoms with E-state index in [2.05, 4.69) is 34.5 Å². The first-order valence-electron chi connectivity index (χ1n) is 9.88. The van der Waals surface area contributed by atoms with E-state index in [1.54, 1.807) is 0 Å². The van der Waals surface area contributed by atoms with E-state index in [1.807, 2.05) is 19.0 Å². The molecule has 1 saturated carbocycles. The van der Waals surface area contributed by atoms with Crippen molar-refractivity contribution in [2.75, 3.05) is 32.1 Å². The van der Waals surface area contributed by atoms with Crippen molar-refractivity contribution in [1.82, 2.24) is 10.2 Å². The Balaban J connectivity index is 1.44. The highest BCUT2D eigenvalue weighted by atomic mass is 16.2. The summed E-state index contributed by atoms with van der Waals surface area (Å²) in [7, 11) is 4.05. The second-order valence-corrected chi connectivity index (χ2v) is 7.84. The Morgan fingerprint density at radius 3 is 2.50 bits per heavy atom. The highest BCUT2D eigenvalue weighted by Gasteiger charge is 2.37. The van der Waals surface area contributed by atoms with Crippen molar-refractivity contribution >= 4 is 17.5 Å². The summed E-state index contributed by atoms with van der Waals surface area (Å²) in [6, 6.07) is 8.75. The van der Waals surface area contributed by atoms with Crippen LogP contribution < -0.4 is 10.2 Å². The predicted octanol–water partition coefficient (Wildman–Crippen LogP) is 2.59. The summed E-state index contributed by atoms with van der Waals surface area (Å²) >= 11 is 0. The molecule has 2 fully saturated rings. The number of anilines is 1. The average molecular weight is 357 g/mol. The molecule has 1 unspecified atom stereocenters. The Morgan fingerprint density at radius 1 is 1.15 bits per heavy atom. The molecule has 3 rings (SSSR count). The number of rotatable bonds is 6. The van der Waals surface area contributed by atoms with Gasteiger partial charge in [-0.15, -0.1) is 0 Å². The van der Waals surface area contributed by atoms with Gasteiger partial charge >= 0.3 is 0 Å². The van der Waals surface area contributed by atoms with Gasteiger partial charge in [0, 0.05) is 45.3 Å². The van der Waals surface area contributed by atoms with Crippen LogP contribution >= 0.6 is 0 Å². The van der Waals surface area contributed by atoms with Crippen LogP contribution in [-0.2, 0) is 16.0 Å². The van der Waals surface area contributed by atoms with Gasteiger partial charge in [0.25, 0.3) is 0 Å². The molecule has 1 aliphatic heterocycles. The van der Waals surface area contributed by atoms with E-state index in [1.165, 1.54) is 30.5 Å². The van der Waals surface area contributed by atoms with Crippen molar-refractivity contribution in [3.8, 4) is 0 Å². The third kappa shape index (κ3) is 4.57. The smallest absolute Gasteiger partial charge is 0.225 e. The Bertz CT molecular complexity index is 621. The minimum Gasteiger partial charge on any atom is -0.378 e. The van der Waals surface area contributed by atoms with Crippen molar-refractivity contribution in [2.45, 2.75) is 51.0 Å². The summed E-state index contributed by atoms with van der Waals surface area (Å²) in [5, 5.41) is 3.03. The number of carbonyl (C=O) groups is 2. The van der Waals surface area contributed by atoms with Crippen LogP contribution in [-0.4, -0.2) is 49.9 Å². The lowest BCUT2D eigenvalue weighted by molar-refractivity contribution is -0.130. The molecule has 1 aliphatic carbocycles. The monoisotopic (exact) mass is 357 g/mol. The zero-order valence-electron chi connectivity index (χ0n) is 16.0. The van der Waals surface area contributed by atoms with Crippen LogP contribution in [0.15, 0.2) is 24.3 Å². The largest absolute Gasteiger partial charge is 0.378 e. The molecule has 0 spiro atoms. The molecule has 26 heavy (non-hydrogen) atoms. The molecule has 5 nitrogen and oxygen atoms in total. The molecule has 1 N–H and O–H groups in total. The van der Waals surface area contributed by atoms with Crippen molar-refractivity contribution in [1.29, 1.82) is 0 Å². The maximum atomic E-state index is 12.5. The van der Waals surface area contributed by atoms with Crippen LogP contribution in [0, 0.1) is 5.92 Å². The van der Waals surface area contributed by atoms with E-state index < -0.39 is 0 Å². The molecule has 1 saturated heterocycles. The lowest BCUT2D eigenvalue weighted by Gasteiger charge is -2.31. The molecule has 1 heterocycles. The number of nitrogens with zero attached hydrogens (tertiary/aromatic N) is 2. The summed E-state index contributed by atoms with van der Waals surface area (Å²) in [6.45, 7) is 1.22. The molecule has 2 aliphatic rings. The summed E-state index contributed by atoms with van der Waals surface area (Å²) in [5.74, 6) is 0.0124. The van der Waals surface area contributed by atoms with Crippen LogP contribution in [0.3, 0.4) is 0 Å². The van der Waals surface area contributed by atoms with E-state index >= 15 is 0 Å². The lowest BCUT2D eigenvalue weighted by Crippen LogP contribution is -2.39. The van der Waals surface area contributed by atoms with Gasteiger partial charge in [0.15, 0.2) is 0 Å². The zero-order valence-corrected chi connectivity index (χ0v) is 16.0. The van der Waals surface area contributed by atoms with Gasteiger partial charge in [-0.05, 0) is 37.0 Å². The standard InChI is InChI=1S/C21H31N3O2/c1-23(2)18-10-8-16(9-11-18)12-13-22-21(26)17-14-20(25)24(15-17)19-6-4-3-5-7-19/h8-11,17,19H,3-7,12-15H2,1-2H3,(H,22,26). The number of hydrogen-bond acceptors (Lipinski definition) is 3. The van der Waals surface area contributed by atoms with E-state index in [9.17, 15) is 9.59 Å². The first-order chi connectivity index (χ1) is 12.5. The zero-order chi connectivity index (χ0) is 18.5. The van der Waals surface area contributed by atoms with E-state index in [0.717, 1.165) is 19.3 Å². The predicted molar refractivity (Wildman–Crippen MR) is 104 cm³/mol. The number of carbonyl (C=O) groups excluding carboxylic acids is 2. The quantitative estimate of drug-likeness (QED) is 0.851. The number of benzene rings is 1. The molecule has 0 radical (unpaired) electrons. The van der Waals surface area contributed by atoms with Crippen LogP contribution in [0.25, 0.3) is 0 Å². The van der Waals surface area contributed by atoms with Gasteiger partial charge in [0.2, 0.25) is 11.8 Å². The van der Waals surface area contributed by atoms with Crippen LogP contribution in [0.2, 0.25) is 0 Å². The molecule has 142 valence electrons. The van der Waals surface area contributed by atoms with Crippen molar-refractivity contribution < 1.29 is 9.59 Å². The Labute approximate surface area is 156 Å². The maximum absolute atomic E-state index is 12.5. The van der Waals surface area contributed by atoms with Gasteiger partial charge in [0.05, 0.1) is 5.92 Å². The molecule has 1 aromatic rings. The fourth-order valence-corrected chi connectivity index (χ4v) is 4.09. The second-order valence-electron chi connectivity index (χ2n) is 7.84. The maximum Gasteiger partial charge on any atom is 0.225 e. The van der Waals surface area contributed by atoms with Crippen LogP contribution in [0.4, 0.5) is 5.69 Å². The van der Waals surface area contributed by atoms with Gasteiger partial charge in [-0.2, -0.15) is 0 Å². The fourth-order valence-electron chi connectivity index (χ4n) is 4.09. The first kappa shape index (κ1) is 18.7. The molecular formula is C21H31N3O2. The lowest BCUT2D eigenvalue weighted by atomic mass is 9.94.